The van der Waals surface area contributed by atoms with E-state index in [1.807, 2.05) is 6.92 Å². The first-order valence-electron chi connectivity index (χ1n) is 3.77. The van der Waals surface area contributed by atoms with Crippen LogP contribution in [0, 0.1) is 11.6 Å². The molecule has 66 valence electrons. The Hall–Kier alpha value is -0.960. The Morgan fingerprint density at radius 2 is 2.00 bits per heavy atom. The van der Waals surface area contributed by atoms with E-state index >= 15 is 0 Å². The van der Waals surface area contributed by atoms with Crippen LogP contribution >= 0.6 is 0 Å². The number of nitrogens with one attached hydrogen (secondary N) is 1. The summed E-state index contributed by atoms with van der Waals surface area (Å²) in [5.41, 5.74) is 0.485. The molecule has 3 heteroatoms. The third-order valence-electron chi connectivity index (χ3n) is 1.86. The first-order valence-corrected chi connectivity index (χ1v) is 3.77. The fraction of sp³-hybridized carbons (Fsp3) is 0.333. The maximum atomic E-state index is 13.0. The largest absolute Gasteiger partial charge is 0.313 e. The van der Waals surface area contributed by atoms with E-state index in [4.69, 9.17) is 0 Å². The molecule has 0 aliphatic carbocycles. The van der Waals surface area contributed by atoms with Gasteiger partial charge in [0.05, 0.1) is 0 Å². The molecule has 1 nitrogen and oxygen atoms in total. The molecule has 1 aromatic carbocycles. The standard InChI is InChI=1S/C9H11F2N/c1-6(12-2)8-4-3-7(10)5-9(8)11/h3-6,12H,1-2H3/t6-/m1/s1. The monoisotopic (exact) mass is 171 g/mol. The van der Waals surface area contributed by atoms with Gasteiger partial charge in [-0.25, -0.2) is 8.78 Å². The molecule has 0 spiro atoms. The van der Waals surface area contributed by atoms with Crippen LogP contribution in [0.1, 0.15) is 18.5 Å². The predicted molar refractivity (Wildman–Crippen MR) is 43.8 cm³/mol. The molecule has 0 unspecified atom stereocenters. The van der Waals surface area contributed by atoms with Crippen molar-refractivity contribution in [3.63, 3.8) is 0 Å². The lowest BCUT2D eigenvalue weighted by atomic mass is 10.1. The summed E-state index contributed by atoms with van der Waals surface area (Å²) in [5, 5.41) is 2.88. The van der Waals surface area contributed by atoms with Gasteiger partial charge in [0.1, 0.15) is 11.6 Å². The Balaban J connectivity index is 3.01. The van der Waals surface area contributed by atoms with Gasteiger partial charge in [-0.2, -0.15) is 0 Å². The van der Waals surface area contributed by atoms with Gasteiger partial charge in [-0.3, -0.25) is 0 Å². The molecule has 12 heavy (non-hydrogen) atoms. The molecular formula is C9H11F2N. The van der Waals surface area contributed by atoms with Gasteiger partial charge in [-0.15, -0.1) is 0 Å². The summed E-state index contributed by atoms with van der Waals surface area (Å²) in [6.45, 7) is 1.82. The predicted octanol–water partition coefficient (Wildman–Crippen LogP) is 2.25. The molecule has 0 aliphatic heterocycles. The molecule has 0 saturated heterocycles. The van der Waals surface area contributed by atoms with E-state index in [1.54, 1.807) is 7.05 Å². The quantitative estimate of drug-likeness (QED) is 0.719. The third kappa shape index (κ3) is 1.80. The van der Waals surface area contributed by atoms with Gasteiger partial charge >= 0.3 is 0 Å². The fourth-order valence-corrected chi connectivity index (χ4v) is 1.01. The number of rotatable bonds is 2. The van der Waals surface area contributed by atoms with Crippen molar-refractivity contribution in [2.24, 2.45) is 0 Å². The number of hydrogen-bond donors (Lipinski definition) is 1. The first kappa shape index (κ1) is 9.13. The molecule has 0 radical (unpaired) electrons. The topological polar surface area (TPSA) is 12.0 Å². The van der Waals surface area contributed by atoms with Gasteiger partial charge in [-0.1, -0.05) is 6.07 Å². The van der Waals surface area contributed by atoms with Crippen LogP contribution in [0.5, 0.6) is 0 Å². The molecule has 0 saturated carbocycles. The summed E-state index contributed by atoms with van der Waals surface area (Å²) in [4.78, 5) is 0. The average molecular weight is 171 g/mol. The van der Waals surface area contributed by atoms with Crippen molar-refractivity contribution >= 4 is 0 Å². The Morgan fingerprint density at radius 3 is 2.50 bits per heavy atom. The minimum absolute atomic E-state index is 0.0920. The van der Waals surface area contributed by atoms with Crippen LogP contribution in [0.3, 0.4) is 0 Å². The van der Waals surface area contributed by atoms with E-state index in [1.165, 1.54) is 12.1 Å². The Labute approximate surface area is 70.4 Å². The summed E-state index contributed by atoms with van der Waals surface area (Å²) in [6.07, 6.45) is 0. The highest BCUT2D eigenvalue weighted by Gasteiger charge is 2.08. The van der Waals surface area contributed by atoms with Crippen molar-refractivity contribution in [2.45, 2.75) is 13.0 Å². The molecule has 0 amide bonds. The molecule has 0 fully saturated rings. The molecule has 1 N–H and O–H groups in total. The van der Waals surface area contributed by atoms with E-state index in [0.29, 0.717) is 5.56 Å². The minimum atomic E-state index is -0.542. The van der Waals surface area contributed by atoms with E-state index in [0.717, 1.165) is 6.07 Å². The Bertz CT molecular complexity index is 273. The van der Waals surface area contributed by atoms with Crippen LogP contribution in [0.4, 0.5) is 8.78 Å². The Morgan fingerprint density at radius 1 is 1.33 bits per heavy atom. The van der Waals surface area contributed by atoms with Crippen LogP contribution in [0.25, 0.3) is 0 Å². The lowest BCUT2D eigenvalue weighted by molar-refractivity contribution is 0.542. The van der Waals surface area contributed by atoms with Gasteiger partial charge in [0.2, 0.25) is 0 Å². The van der Waals surface area contributed by atoms with Crippen LogP contribution in [-0.2, 0) is 0 Å². The van der Waals surface area contributed by atoms with Gasteiger partial charge in [0, 0.05) is 17.7 Å². The highest BCUT2D eigenvalue weighted by atomic mass is 19.1. The van der Waals surface area contributed by atoms with Crippen molar-refractivity contribution in [3.05, 3.63) is 35.4 Å². The van der Waals surface area contributed by atoms with Crippen molar-refractivity contribution in [3.8, 4) is 0 Å². The molecule has 1 aromatic rings. The van der Waals surface area contributed by atoms with Gasteiger partial charge in [0.25, 0.3) is 0 Å². The molecular weight excluding hydrogens is 160 g/mol. The SMILES string of the molecule is CN[C@H](C)c1ccc(F)cc1F. The highest BCUT2D eigenvalue weighted by molar-refractivity contribution is 5.21. The zero-order chi connectivity index (χ0) is 9.14. The molecule has 1 rings (SSSR count). The first-order chi connectivity index (χ1) is 5.65. The normalized spacial score (nSPS) is 13.0. The fourth-order valence-electron chi connectivity index (χ4n) is 1.01. The van der Waals surface area contributed by atoms with Crippen molar-refractivity contribution in [2.75, 3.05) is 7.05 Å². The van der Waals surface area contributed by atoms with Gasteiger partial charge < -0.3 is 5.32 Å². The smallest absolute Gasteiger partial charge is 0.130 e. The van der Waals surface area contributed by atoms with Crippen LogP contribution in [0.15, 0.2) is 18.2 Å². The summed E-state index contributed by atoms with van der Waals surface area (Å²) in [5.74, 6) is -1.04. The number of hydrogen-bond acceptors (Lipinski definition) is 1. The van der Waals surface area contributed by atoms with Crippen molar-refractivity contribution in [1.29, 1.82) is 0 Å². The van der Waals surface area contributed by atoms with Crippen LogP contribution in [-0.4, -0.2) is 7.05 Å². The van der Waals surface area contributed by atoms with Crippen molar-refractivity contribution < 1.29 is 8.78 Å². The molecule has 0 bridgehead atoms. The lowest BCUT2D eigenvalue weighted by Gasteiger charge is -2.10. The summed E-state index contributed by atoms with van der Waals surface area (Å²) in [6, 6.07) is 3.51. The van der Waals surface area contributed by atoms with Gasteiger partial charge in [0.15, 0.2) is 0 Å². The summed E-state index contributed by atoms with van der Waals surface area (Å²) >= 11 is 0. The van der Waals surface area contributed by atoms with E-state index in [2.05, 4.69) is 5.32 Å². The number of benzene rings is 1. The second-order valence-corrected chi connectivity index (χ2v) is 2.68. The summed E-state index contributed by atoms with van der Waals surface area (Å²) in [7, 11) is 1.73. The second kappa shape index (κ2) is 3.63. The van der Waals surface area contributed by atoms with Crippen LogP contribution < -0.4 is 5.32 Å². The maximum absolute atomic E-state index is 13.0. The summed E-state index contributed by atoms with van der Waals surface area (Å²) < 4.78 is 25.5. The van der Waals surface area contributed by atoms with Gasteiger partial charge in [-0.05, 0) is 20.0 Å². The zero-order valence-corrected chi connectivity index (χ0v) is 7.07. The molecule has 0 heterocycles. The van der Waals surface area contributed by atoms with Crippen molar-refractivity contribution in [1.82, 2.24) is 5.32 Å². The second-order valence-electron chi connectivity index (χ2n) is 2.68. The molecule has 0 aliphatic rings. The van der Waals surface area contributed by atoms with Crippen LogP contribution in [0.2, 0.25) is 0 Å². The maximum Gasteiger partial charge on any atom is 0.130 e. The van der Waals surface area contributed by atoms with E-state index < -0.39 is 11.6 Å². The number of halogens is 2. The minimum Gasteiger partial charge on any atom is -0.313 e. The average Bonchev–Trinajstić information content (AvgIpc) is 2.03. The van der Waals surface area contributed by atoms with E-state index in [-0.39, 0.29) is 6.04 Å². The molecule has 1 atom stereocenters. The zero-order valence-electron chi connectivity index (χ0n) is 7.07. The Kier molecular flexibility index (Phi) is 2.76. The third-order valence-corrected chi connectivity index (χ3v) is 1.86. The lowest BCUT2D eigenvalue weighted by Crippen LogP contribution is -2.13. The molecule has 0 aromatic heterocycles. The van der Waals surface area contributed by atoms with E-state index in [9.17, 15) is 8.78 Å². The highest BCUT2D eigenvalue weighted by Crippen LogP contribution is 2.16.